The molecule has 2 aromatic carbocycles. The zero-order valence-electron chi connectivity index (χ0n) is 15.8. The molecule has 1 aromatic heterocycles. The Morgan fingerprint density at radius 3 is 2.29 bits per heavy atom. The summed E-state index contributed by atoms with van der Waals surface area (Å²) in [5.74, 6) is 0.174. The molecule has 0 radical (unpaired) electrons. The first-order valence-corrected chi connectivity index (χ1v) is 8.78. The average molecular weight is 436 g/mol. The van der Waals surface area contributed by atoms with Crippen molar-refractivity contribution < 1.29 is 23.0 Å². The molecule has 0 atom stereocenters. The van der Waals surface area contributed by atoms with Gasteiger partial charge in [0.25, 0.3) is 11.4 Å². The number of non-ortho nitro benzene ring substituents is 1. The van der Waals surface area contributed by atoms with Crippen LogP contribution in [0.3, 0.4) is 0 Å². The van der Waals surface area contributed by atoms with Gasteiger partial charge in [-0.25, -0.2) is 9.67 Å². The van der Waals surface area contributed by atoms with E-state index in [0.717, 1.165) is 9.58 Å². The van der Waals surface area contributed by atoms with Crippen LogP contribution in [0, 0.1) is 20.2 Å². The van der Waals surface area contributed by atoms with Crippen LogP contribution in [-0.2, 0) is 13.2 Å². The summed E-state index contributed by atoms with van der Waals surface area (Å²) in [6, 6.07) is 11.0. The van der Waals surface area contributed by atoms with Crippen molar-refractivity contribution in [3.63, 3.8) is 0 Å². The predicted octanol–water partition coefficient (Wildman–Crippen LogP) is 3.78. The summed E-state index contributed by atoms with van der Waals surface area (Å²) in [4.78, 5) is 25.7. The lowest BCUT2D eigenvalue weighted by Gasteiger charge is -2.23. The first-order valence-electron chi connectivity index (χ1n) is 8.78. The Hall–Kier alpha value is -3.87. The number of hydrogen-bond donors (Lipinski definition) is 0. The average Bonchev–Trinajstić information content (AvgIpc) is 3.15. The van der Waals surface area contributed by atoms with Crippen molar-refractivity contribution in [2.45, 2.75) is 19.4 Å². The number of benzene rings is 2. The van der Waals surface area contributed by atoms with Crippen molar-refractivity contribution in [3.05, 3.63) is 80.7 Å². The molecule has 162 valence electrons. The minimum Gasteiger partial charge on any atom is -0.271 e. The topological polar surface area (TPSA) is 120 Å². The molecular weight excluding hydrogens is 421 g/mol. The molecule has 0 aliphatic carbocycles. The van der Waals surface area contributed by atoms with E-state index in [9.17, 15) is 33.4 Å². The van der Waals surface area contributed by atoms with E-state index in [0.29, 0.717) is 5.56 Å². The lowest BCUT2D eigenvalue weighted by molar-refractivity contribution is -0.385. The minimum absolute atomic E-state index is 0.121. The molecule has 0 unspecified atom stereocenters. The van der Waals surface area contributed by atoms with Crippen molar-refractivity contribution >= 4 is 11.4 Å². The van der Waals surface area contributed by atoms with Crippen molar-refractivity contribution in [3.8, 4) is 11.4 Å². The van der Waals surface area contributed by atoms with Gasteiger partial charge in [-0.15, -0.1) is 5.10 Å². The molecular formula is C18H15F3N6O4. The number of para-hydroxylation sites is 1. The van der Waals surface area contributed by atoms with Gasteiger partial charge in [-0.1, -0.05) is 18.2 Å². The lowest BCUT2D eigenvalue weighted by Crippen LogP contribution is -2.35. The van der Waals surface area contributed by atoms with Gasteiger partial charge >= 0.3 is 6.18 Å². The van der Waals surface area contributed by atoms with E-state index in [2.05, 4.69) is 10.1 Å². The molecule has 3 aromatic rings. The number of hydrogen-bond acceptors (Lipinski definition) is 7. The first kappa shape index (κ1) is 21.8. The summed E-state index contributed by atoms with van der Waals surface area (Å²) in [6.07, 6.45) is -3.31. The van der Waals surface area contributed by atoms with Gasteiger partial charge in [-0.05, 0) is 12.1 Å². The monoisotopic (exact) mass is 436 g/mol. The second kappa shape index (κ2) is 8.87. The molecule has 0 spiro atoms. The van der Waals surface area contributed by atoms with Crippen LogP contribution in [0.1, 0.15) is 5.56 Å². The maximum Gasteiger partial charge on any atom is 0.401 e. The molecule has 0 saturated carbocycles. The zero-order chi connectivity index (χ0) is 22.6. The Labute approximate surface area is 172 Å². The summed E-state index contributed by atoms with van der Waals surface area (Å²) >= 11 is 0. The number of nitro groups is 2. The quantitative estimate of drug-likeness (QED) is 0.389. The smallest absolute Gasteiger partial charge is 0.271 e. The van der Waals surface area contributed by atoms with Crippen molar-refractivity contribution in [1.82, 2.24) is 19.7 Å². The van der Waals surface area contributed by atoms with Gasteiger partial charge < -0.3 is 0 Å². The molecule has 0 bridgehead atoms. The number of nitro benzene ring substituents is 2. The number of alkyl halides is 3. The number of halogens is 3. The van der Waals surface area contributed by atoms with E-state index in [1.54, 1.807) is 0 Å². The molecule has 0 N–H and O–H groups in total. The molecule has 0 amide bonds. The third-order valence-corrected chi connectivity index (χ3v) is 4.20. The third kappa shape index (κ3) is 5.82. The molecule has 0 aliphatic rings. The van der Waals surface area contributed by atoms with Gasteiger partial charge in [0.2, 0.25) is 0 Å². The van der Waals surface area contributed by atoms with Crippen LogP contribution in [-0.4, -0.2) is 42.2 Å². The molecule has 0 saturated heterocycles. The lowest BCUT2D eigenvalue weighted by atomic mass is 10.1. The van der Waals surface area contributed by atoms with E-state index in [1.165, 1.54) is 54.9 Å². The van der Waals surface area contributed by atoms with Crippen molar-refractivity contribution in [2.75, 3.05) is 6.54 Å². The second-order valence-electron chi connectivity index (χ2n) is 6.54. The Balaban J connectivity index is 1.81. The molecule has 0 aliphatic heterocycles. The van der Waals surface area contributed by atoms with E-state index >= 15 is 0 Å². The summed E-state index contributed by atoms with van der Waals surface area (Å²) in [7, 11) is 0. The Morgan fingerprint density at radius 1 is 1.00 bits per heavy atom. The highest BCUT2D eigenvalue weighted by molar-refractivity contribution is 5.56. The first-order chi connectivity index (χ1) is 14.6. The fourth-order valence-corrected chi connectivity index (χ4v) is 2.91. The highest BCUT2D eigenvalue weighted by Crippen LogP contribution is 2.24. The molecule has 1 heterocycles. The summed E-state index contributed by atoms with van der Waals surface area (Å²) in [5, 5.41) is 26.0. The fraction of sp³-hybridized carbons (Fsp3) is 0.222. The van der Waals surface area contributed by atoms with Crippen LogP contribution in [0.4, 0.5) is 24.5 Å². The number of nitrogens with zero attached hydrogens (tertiary/aromatic N) is 6. The molecule has 10 nitrogen and oxygen atoms in total. The Morgan fingerprint density at radius 2 is 1.68 bits per heavy atom. The molecule has 31 heavy (non-hydrogen) atoms. The summed E-state index contributed by atoms with van der Waals surface area (Å²) in [5.41, 5.74) is 0.182. The fourth-order valence-electron chi connectivity index (χ4n) is 2.91. The number of aromatic nitrogens is 3. The highest BCUT2D eigenvalue weighted by atomic mass is 19.4. The summed E-state index contributed by atoms with van der Waals surface area (Å²) in [6.45, 7) is -1.97. The van der Waals surface area contributed by atoms with Crippen LogP contribution in [0.25, 0.3) is 11.4 Å². The zero-order valence-corrected chi connectivity index (χ0v) is 15.8. The molecule has 13 heteroatoms. The van der Waals surface area contributed by atoms with Gasteiger partial charge in [0.1, 0.15) is 6.33 Å². The van der Waals surface area contributed by atoms with Gasteiger partial charge in [0.15, 0.2) is 5.82 Å². The van der Waals surface area contributed by atoms with Gasteiger partial charge in [-0.2, -0.15) is 13.2 Å². The Kier molecular flexibility index (Phi) is 6.25. The standard InChI is InChI=1S/C18H15F3N6O4/c19-18(20,21)10-24(9-14-3-1-2-4-16(14)27(30)31)12-25-11-22-17(23-25)13-5-7-15(8-6-13)26(28)29/h1-8,11H,9-10,12H2. The third-order valence-electron chi connectivity index (χ3n) is 4.20. The molecule has 0 fully saturated rings. The molecule has 3 rings (SSSR count). The van der Waals surface area contributed by atoms with Crippen molar-refractivity contribution in [1.29, 1.82) is 0 Å². The maximum atomic E-state index is 13.1. The van der Waals surface area contributed by atoms with Crippen LogP contribution < -0.4 is 0 Å². The SMILES string of the molecule is O=[N+]([O-])c1ccc(-c2ncn(CN(Cc3ccccc3[N+](=O)[O-])CC(F)(F)F)n2)cc1. The van der Waals surface area contributed by atoms with Gasteiger partial charge in [-0.3, -0.25) is 25.1 Å². The van der Waals surface area contributed by atoms with Crippen LogP contribution in [0.2, 0.25) is 0 Å². The second-order valence-corrected chi connectivity index (χ2v) is 6.54. The van der Waals surface area contributed by atoms with E-state index in [1.807, 2.05) is 0 Å². The van der Waals surface area contributed by atoms with E-state index < -0.39 is 22.6 Å². The highest BCUT2D eigenvalue weighted by Gasteiger charge is 2.32. The maximum absolute atomic E-state index is 13.1. The van der Waals surface area contributed by atoms with Gasteiger partial charge in [0.05, 0.1) is 23.1 Å². The largest absolute Gasteiger partial charge is 0.401 e. The summed E-state index contributed by atoms with van der Waals surface area (Å²) < 4.78 is 40.4. The normalized spacial score (nSPS) is 11.6. The minimum atomic E-state index is -4.54. The van der Waals surface area contributed by atoms with E-state index in [-0.39, 0.29) is 36.0 Å². The van der Waals surface area contributed by atoms with Crippen LogP contribution >= 0.6 is 0 Å². The van der Waals surface area contributed by atoms with Crippen LogP contribution in [0.5, 0.6) is 0 Å². The predicted molar refractivity (Wildman–Crippen MR) is 102 cm³/mol. The van der Waals surface area contributed by atoms with E-state index in [4.69, 9.17) is 0 Å². The Bertz CT molecular complexity index is 1080. The van der Waals surface area contributed by atoms with Crippen molar-refractivity contribution in [2.24, 2.45) is 0 Å². The van der Waals surface area contributed by atoms with Crippen LogP contribution in [0.15, 0.2) is 54.9 Å². The number of rotatable bonds is 8. The van der Waals surface area contributed by atoms with Gasteiger partial charge in [0, 0.05) is 35.9 Å².